The van der Waals surface area contributed by atoms with Crippen molar-refractivity contribution in [3.05, 3.63) is 29.8 Å². The molecule has 4 heteroatoms. The Morgan fingerprint density at radius 1 is 1.27 bits per heavy atom. The molecule has 0 N–H and O–H groups in total. The van der Waals surface area contributed by atoms with Gasteiger partial charge in [0.1, 0.15) is 0 Å². The van der Waals surface area contributed by atoms with Crippen LogP contribution in [0, 0.1) is 11.3 Å². The van der Waals surface area contributed by atoms with Crippen LogP contribution in [0.3, 0.4) is 0 Å². The molecular weight excluding hydrogens is 210 g/mol. The van der Waals surface area contributed by atoms with Crippen molar-refractivity contribution in [3.63, 3.8) is 0 Å². The van der Waals surface area contributed by atoms with Crippen LogP contribution in [-0.2, 0) is 16.3 Å². The van der Waals surface area contributed by atoms with Gasteiger partial charge in [-0.15, -0.1) is 0 Å². The van der Waals surface area contributed by atoms with E-state index in [0.29, 0.717) is 4.90 Å². The van der Waals surface area contributed by atoms with Gasteiger partial charge in [-0.3, -0.25) is 0 Å². The van der Waals surface area contributed by atoms with Gasteiger partial charge in [0, 0.05) is 6.42 Å². The largest absolute Gasteiger partial charge is 0.224 e. The molecule has 0 unspecified atom stereocenters. The van der Waals surface area contributed by atoms with Crippen LogP contribution in [-0.4, -0.2) is 14.2 Å². The van der Waals surface area contributed by atoms with E-state index in [1.807, 2.05) is 13.0 Å². The summed E-state index contributed by atoms with van der Waals surface area (Å²) in [5.41, 5.74) is 1.11. The Balaban J connectivity index is 2.92. The molecule has 1 rings (SSSR count). The van der Waals surface area contributed by atoms with Crippen molar-refractivity contribution in [3.8, 4) is 6.07 Å². The molecule has 0 atom stereocenters. The fraction of sp³-hybridized carbons (Fsp3) is 0.364. The molecule has 0 aliphatic rings. The minimum atomic E-state index is -3.27. The SMILES string of the molecule is CCc1ccc(S(=O)(=O)CCC#N)cc1. The second-order valence-corrected chi connectivity index (χ2v) is 5.33. The average molecular weight is 223 g/mol. The van der Waals surface area contributed by atoms with Gasteiger partial charge in [-0.05, 0) is 24.1 Å². The third-order valence-electron chi connectivity index (χ3n) is 2.17. The molecule has 0 saturated heterocycles. The molecule has 0 amide bonds. The summed E-state index contributed by atoms with van der Waals surface area (Å²) in [5, 5.41) is 8.34. The lowest BCUT2D eigenvalue weighted by atomic mass is 10.2. The average Bonchev–Trinajstić information content (AvgIpc) is 2.26. The van der Waals surface area contributed by atoms with E-state index in [9.17, 15) is 8.42 Å². The van der Waals surface area contributed by atoms with E-state index in [-0.39, 0.29) is 12.2 Å². The van der Waals surface area contributed by atoms with Gasteiger partial charge in [0.15, 0.2) is 9.84 Å². The normalized spacial score (nSPS) is 10.9. The Bertz CT molecular complexity index is 454. The monoisotopic (exact) mass is 223 g/mol. The summed E-state index contributed by atoms with van der Waals surface area (Å²) in [6, 6.07) is 8.65. The minimum Gasteiger partial charge on any atom is -0.224 e. The first-order valence-corrected chi connectivity index (χ1v) is 6.44. The molecule has 0 aliphatic heterocycles. The Labute approximate surface area is 90.3 Å². The van der Waals surface area contributed by atoms with Crippen molar-refractivity contribution in [2.45, 2.75) is 24.7 Å². The first-order valence-electron chi connectivity index (χ1n) is 4.79. The van der Waals surface area contributed by atoms with Crippen LogP contribution in [0.4, 0.5) is 0 Å². The lowest BCUT2D eigenvalue weighted by Gasteiger charge is -2.02. The molecule has 0 heterocycles. The zero-order valence-electron chi connectivity index (χ0n) is 8.60. The molecule has 0 aromatic heterocycles. The van der Waals surface area contributed by atoms with Gasteiger partial charge in [0.2, 0.25) is 0 Å². The summed E-state index contributed by atoms with van der Waals surface area (Å²) in [7, 11) is -3.27. The number of nitrogens with zero attached hydrogens (tertiary/aromatic N) is 1. The van der Waals surface area contributed by atoms with Gasteiger partial charge in [0.05, 0.1) is 16.7 Å². The van der Waals surface area contributed by atoms with E-state index in [0.717, 1.165) is 12.0 Å². The Hall–Kier alpha value is -1.34. The number of sulfone groups is 1. The fourth-order valence-corrected chi connectivity index (χ4v) is 2.38. The van der Waals surface area contributed by atoms with Gasteiger partial charge < -0.3 is 0 Å². The van der Waals surface area contributed by atoms with Crippen LogP contribution >= 0.6 is 0 Å². The van der Waals surface area contributed by atoms with Crippen molar-refractivity contribution >= 4 is 9.84 Å². The Kier molecular flexibility index (Phi) is 3.87. The van der Waals surface area contributed by atoms with Gasteiger partial charge >= 0.3 is 0 Å². The molecule has 0 radical (unpaired) electrons. The molecular formula is C11H13NO2S. The van der Waals surface area contributed by atoms with Crippen molar-refractivity contribution in [1.29, 1.82) is 5.26 Å². The molecule has 1 aromatic rings. The highest BCUT2D eigenvalue weighted by Gasteiger charge is 2.13. The topological polar surface area (TPSA) is 57.9 Å². The molecule has 0 spiro atoms. The lowest BCUT2D eigenvalue weighted by Crippen LogP contribution is -2.06. The van der Waals surface area contributed by atoms with E-state index in [2.05, 4.69) is 0 Å². The van der Waals surface area contributed by atoms with Gasteiger partial charge in [-0.2, -0.15) is 5.26 Å². The van der Waals surface area contributed by atoms with Crippen LogP contribution in [0.2, 0.25) is 0 Å². The van der Waals surface area contributed by atoms with Crippen molar-refractivity contribution < 1.29 is 8.42 Å². The summed E-state index contributed by atoms with van der Waals surface area (Å²) in [4.78, 5) is 0.301. The zero-order chi connectivity index (χ0) is 11.3. The predicted molar refractivity (Wildman–Crippen MR) is 58.1 cm³/mol. The van der Waals surface area contributed by atoms with Crippen LogP contribution in [0.25, 0.3) is 0 Å². The maximum absolute atomic E-state index is 11.6. The summed E-state index contributed by atoms with van der Waals surface area (Å²) in [6.45, 7) is 2.01. The predicted octanol–water partition coefficient (Wildman–Crippen LogP) is 1.94. The molecule has 0 aliphatic carbocycles. The number of hydrogen-bond donors (Lipinski definition) is 0. The molecule has 3 nitrogen and oxygen atoms in total. The van der Waals surface area contributed by atoms with E-state index in [1.165, 1.54) is 0 Å². The molecule has 15 heavy (non-hydrogen) atoms. The first-order chi connectivity index (χ1) is 7.10. The standard InChI is InChI=1S/C11H13NO2S/c1-2-10-4-6-11(7-5-10)15(13,14)9-3-8-12/h4-7H,2-3,9H2,1H3. The Morgan fingerprint density at radius 3 is 2.33 bits per heavy atom. The van der Waals surface area contributed by atoms with Crippen molar-refractivity contribution in [2.24, 2.45) is 0 Å². The number of nitriles is 1. The Morgan fingerprint density at radius 2 is 1.87 bits per heavy atom. The number of benzene rings is 1. The smallest absolute Gasteiger partial charge is 0.179 e. The highest BCUT2D eigenvalue weighted by atomic mass is 32.2. The molecule has 0 bridgehead atoms. The summed E-state index contributed by atoms with van der Waals surface area (Å²) < 4.78 is 23.3. The summed E-state index contributed by atoms with van der Waals surface area (Å²) in [6.07, 6.45) is 0.927. The number of aryl methyl sites for hydroxylation is 1. The minimum absolute atomic E-state index is 0.0395. The van der Waals surface area contributed by atoms with Crippen LogP contribution in [0.1, 0.15) is 18.9 Å². The van der Waals surface area contributed by atoms with E-state index in [4.69, 9.17) is 5.26 Å². The quantitative estimate of drug-likeness (QED) is 0.783. The fourth-order valence-electron chi connectivity index (χ4n) is 1.23. The van der Waals surface area contributed by atoms with Gasteiger partial charge in [0.25, 0.3) is 0 Å². The van der Waals surface area contributed by atoms with E-state index < -0.39 is 9.84 Å². The van der Waals surface area contributed by atoms with Crippen LogP contribution in [0.5, 0.6) is 0 Å². The third-order valence-corrected chi connectivity index (χ3v) is 3.91. The zero-order valence-corrected chi connectivity index (χ0v) is 9.42. The van der Waals surface area contributed by atoms with Gasteiger partial charge in [-0.1, -0.05) is 19.1 Å². The third kappa shape index (κ3) is 3.07. The summed E-state index contributed by atoms with van der Waals surface area (Å²) in [5.74, 6) is -0.102. The highest BCUT2D eigenvalue weighted by Crippen LogP contribution is 2.13. The molecule has 1 aromatic carbocycles. The first kappa shape index (κ1) is 11.7. The van der Waals surface area contributed by atoms with Crippen molar-refractivity contribution in [2.75, 3.05) is 5.75 Å². The van der Waals surface area contributed by atoms with Crippen molar-refractivity contribution in [1.82, 2.24) is 0 Å². The van der Waals surface area contributed by atoms with Gasteiger partial charge in [-0.25, -0.2) is 8.42 Å². The van der Waals surface area contributed by atoms with E-state index >= 15 is 0 Å². The van der Waals surface area contributed by atoms with Crippen LogP contribution < -0.4 is 0 Å². The molecule has 0 saturated carbocycles. The summed E-state index contributed by atoms with van der Waals surface area (Å²) >= 11 is 0. The van der Waals surface area contributed by atoms with Crippen LogP contribution in [0.15, 0.2) is 29.2 Å². The maximum Gasteiger partial charge on any atom is 0.179 e. The second-order valence-electron chi connectivity index (χ2n) is 3.22. The second kappa shape index (κ2) is 4.94. The molecule has 0 fully saturated rings. The highest BCUT2D eigenvalue weighted by molar-refractivity contribution is 7.91. The lowest BCUT2D eigenvalue weighted by molar-refractivity contribution is 0.596. The van der Waals surface area contributed by atoms with E-state index in [1.54, 1.807) is 24.3 Å². The number of hydrogen-bond acceptors (Lipinski definition) is 3. The number of rotatable bonds is 4. The maximum atomic E-state index is 11.6. The molecule has 80 valence electrons.